The maximum Gasteiger partial charge on any atom is 1.00 e. The number of ether oxygens (including phenoxy) is 1. The Hall–Kier alpha value is -1.30. The van der Waals surface area contributed by atoms with Gasteiger partial charge < -0.3 is 11.0 Å². The number of rotatable bonds is 4. The van der Waals surface area contributed by atoms with E-state index < -0.39 is 0 Å². The molecule has 0 unspecified atom stereocenters. The summed E-state index contributed by atoms with van der Waals surface area (Å²) in [5.41, 5.74) is 3.26. The average molecular weight is 275 g/mol. The Morgan fingerprint density at radius 2 is 1.84 bits per heavy atom. The third kappa shape index (κ3) is 14.6. The topological polar surface area (TPSA) is 64.6 Å². The van der Waals surface area contributed by atoms with Crippen LogP contribution in [-0.4, -0.2) is 18.5 Å². The van der Waals surface area contributed by atoms with Crippen molar-refractivity contribution in [1.82, 2.24) is 0 Å². The summed E-state index contributed by atoms with van der Waals surface area (Å²) in [7, 11) is 0. The molecule has 0 heterocycles. The average Bonchev–Trinajstić information content (AvgIpc) is 2.36. The second-order valence-electron chi connectivity index (χ2n) is 3.15. The van der Waals surface area contributed by atoms with Crippen molar-refractivity contribution < 1.29 is 50.1 Å². The Morgan fingerprint density at radius 3 is 2.21 bits per heavy atom. The SMILES string of the molecule is C=CCOC(C)=O.CC(=O)ONc1ccccc1.[H-].[Na+]. The molecular weight excluding hydrogens is 257 g/mol. The molecule has 0 fully saturated rings. The molecule has 0 aromatic heterocycles. The minimum absolute atomic E-state index is 0. The molecule has 6 heteroatoms. The van der Waals surface area contributed by atoms with Crippen LogP contribution >= 0.6 is 0 Å². The molecule has 0 bridgehead atoms. The van der Waals surface area contributed by atoms with Crippen LogP contribution < -0.4 is 35.0 Å². The van der Waals surface area contributed by atoms with Gasteiger partial charge in [-0.25, -0.2) is 5.48 Å². The number of nitrogens with one attached hydrogen (secondary N) is 1. The van der Waals surface area contributed by atoms with E-state index in [1.807, 2.05) is 30.3 Å². The molecule has 0 saturated carbocycles. The third-order valence-corrected chi connectivity index (χ3v) is 1.49. The minimum Gasteiger partial charge on any atom is -1.00 e. The third-order valence-electron chi connectivity index (χ3n) is 1.49. The predicted octanol–water partition coefficient (Wildman–Crippen LogP) is -0.571. The van der Waals surface area contributed by atoms with Crippen molar-refractivity contribution in [2.75, 3.05) is 12.1 Å². The van der Waals surface area contributed by atoms with Crippen molar-refractivity contribution in [3.63, 3.8) is 0 Å². The van der Waals surface area contributed by atoms with E-state index in [9.17, 15) is 9.59 Å². The van der Waals surface area contributed by atoms with E-state index in [-0.39, 0.29) is 42.9 Å². The number of hydrogen-bond acceptors (Lipinski definition) is 5. The van der Waals surface area contributed by atoms with Crippen molar-refractivity contribution in [2.24, 2.45) is 0 Å². The van der Waals surface area contributed by atoms with E-state index in [1.165, 1.54) is 19.9 Å². The molecule has 1 aromatic rings. The van der Waals surface area contributed by atoms with Crippen molar-refractivity contribution in [2.45, 2.75) is 13.8 Å². The van der Waals surface area contributed by atoms with Crippen LogP contribution in [0.5, 0.6) is 0 Å². The molecule has 1 N–H and O–H groups in total. The summed E-state index contributed by atoms with van der Waals surface area (Å²) >= 11 is 0. The van der Waals surface area contributed by atoms with E-state index >= 15 is 0 Å². The molecule has 0 aliphatic carbocycles. The molecule has 0 atom stereocenters. The van der Waals surface area contributed by atoms with Crippen molar-refractivity contribution in [3.8, 4) is 0 Å². The van der Waals surface area contributed by atoms with Crippen LogP contribution in [0.3, 0.4) is 0 Å². The molecular formula is C13H18NNaO4. The molecule has 5 nitrogen and oxygen atoms in total. The Kier molecular flexibility index (Phi) is 13.8. The largest absolute Gasteiger partial charge is 1.00 e. The van der Waals surface area contributed by atoms with Gasteiger partial charge in [0.25, 0.3) is 0 Å². The van der Waals surface area contributed by atoms with Crippen molar-refractivity contribution in [1.29, 1.82) is 0 Å². The van der Waals surface area contributed by atoms with Crippen LogP contribution in [0, 0.1) is 0 Å². The van der Waals surface area contributed by atoms with Gasteiger partial charge in [-0.2, -0.15) is 0 Å². The van der Waals surface area contributed by atoms with Gasteiger partial charge in [0.2, 0.25) is 0 Å². The number of para-hydroxylation sites is 1. The number of anilines is 1. The van der Waals surface area contributed by atoms with E-state index in [0.29, 0.717) is 6.61 Å². The standard InChI is InChI=1S/C8H9NO2.C5H8O2.Na.H/c1-7(10)11-9-8-5-3-2-4-6-8;1-3-4-7-5(2)6;;/h2-6,9H,1H3;3H,1,4H2,2H3;;/q;;+1;-1. The molecule has 0 saturated heterocycles. The molecule has 0 aliphatic rings. The Bertz CT molecular complexity index is 387. The number of benzene rings is 1. The first-order chi connectivity index (χ1) is 8.56. The summed E-state index contributed by atoms with van der Waals surface area (Å²) in [6.45, 7) is 6.38. The normalized spacial score (nSPS) is 7.89. The Balaban J connectivity index is -0.000000286. The van der Waals surface area contributed by atoms with Gasteiger partial charge in [0, 0.05) is 13.8 Å². The molecule has 0 amide bonds. The molecule has 0 aliphatic heterocycles. The minimum atomic E-state index is -0.353. The van der Waals surface area contributed by atoms with Gasteiger partial charge in [0.1, 0.15) is 6.61 Å². The van der Waals surface area contributed by atoms with E-state index in [2.05, 4.69) is 21.6 Å². The van der Waals surface area contributed by atoms with Gasteiger partial charge in [-0.05, 0) is 12.1 Å². The van der Waals surface area contributed by atoms with Gasteiger partial charge in [0.05, 0.1) is 5.69 Å². The van der Waals surface area contributed by atoms with E-state index in [1.54, 1.807) is 0 Å². The monoisotopic (exact) mass is 275 g/mol. The fourth-order valence-corrected chi connectivity index (χ4v) is 0.813. The van der Waals surface area contributed by atoms with Crippen LogP contribution in [0.1, 0.15) is 15.3 Å². The van der Waals surface area contributed by atoms with Crippen LogP contribution in [0.15, 0.2) is 43.0 Å². The zero-order valence-corrected chi connectivity index (χ0v) is 13.5. The van der Waals surface area contributed by atoms with Crippen molar-refractivity contribution >= 4 is 17.6 Å². The van der Waals surface area contributed by atoms with E-state index in [0.717, 1.165) is 5.69 Å². The first-order valence-electron chi connectivity index (χ1n) is 5.29. The van der Waals surface area contributed by atoms with Crippen LogP contribution in [0.2, 0.25) is 0 Å². The molecule has 0 radical (unpaired) electrons. The smallest absolute Gasteiger partial charge is 1.00 e. The van der Waals surface area contributed by atoms with Gasteiger partial charge in [-0.3, -0.25) is 9.59 Å². The van der Waals surface area contributed by atoms with Gasteiger partial charge in [-0.15, -0.1) is 0 Å². The maximum absolute atomic E-state index is 10.3. The zero-order chi connectivity index (χ0) is 13.8. The number of carbonyl (C=O) groups is 2. The molecule has 19 heavy (non-hydrogen) atoms. The maximum atomic E-state index is 10.3. The summed E-state index contributed by atoms with van der Waals surface area (Å²) in [5, 5.41) is 0. The molecule has 100 valence electrons. The summed E-state index contributed by atoms with van der Waals surface area (Å²) in [4.78, 5) is 24.8. The first-order valence-corrected chi connectivity index (χ1v) is 5.29. The quantitative estimate of drug-likeness (QED) is 0.345. The van der Waals surface area contributed by atoms with E-state index in [4.69, 9.17) is 0 Å². The number of hydrogen-bond donors (Lipinski definition) is 1. The van der Waals surface area contributed by atoms with Crippen molar-refractivity contribution in [3.05, 3.63) is 43.0 Å². The molecule has 1 rings (SSSR count). The Morgan fingerprint density at radius 1 is 1.26 bits per heavy atom. The summed E-state index contributed by atoms with van der Waals surface area (Å²) in [6.07, 6.45) is 1.53. The van der Waals surface area contributed by atoms with Gasteiger partial charge in [0.15, 0.2) is 0 Å². The summed E-state index contributed by atoms with van der Waals surface area (Å²) in [5.74, 6) is -0.617. The fourth-order valence-electron chi connectivity index (χ4n) is 0.813. The number of esters is 1. The fraction of sp³-hybridized carbons (Fsp3) is 0.231. The molecule has 0 spiro atoms. The Labute approximate surface area is 136 Å². The first kappa shape index (κ1) is 20.0. The van der Waals surface area contributed by atoms with Crippen LogP contribution in [0.4, 0.5) is 5.69 Å². The summed E-state index contributed by atoms with van der Waals surface area (Å²) < 4.78 is 4.43. The second kappa shape index (κ2) is 13.1. The second-order valence-corrected chi connectivity index (χ2v) is 3.15. The molecule has 1 aromatic carbocycles. The van der Waals surface area contributed by atoms with Crippen LogP contribution in [0.25, 0.3) is 0 Å². The number of carbonyl (C=O) groups excluding carboxylic acids is 2. The van der Waals surface area contributed by atoms with Gasteiger partial charge in [-0.1, -0.05) is 30.9 Å². The van der Waals surface area contributed by atoms with Crippen LogP contribution in [-0.2, 0) is 19.2 Å². The zero-order valence-electron chi connectivity index (χ0n) is 12.5. The summed E-state index contributed by atoms with van der Waals surface area (Å²) in [6, 6.07) is 9.21. The van der Waals surface area contributed by atoms with Gasteiger partial charge >= 0.3 is 41.5 Å². The predicted molar refractivity (Wildman–Crippen MR) is 69.8 cm³/mol.